The number of rotatable bonds is 4. The molecule has 274 valence electrons. The highest BCUT2D eigenvalue weighted by atomic mass is 15.1. The third kappa shape index (κ3) is 5.38. The van der Waals surface area contributed by atoms with Gasteiger partial charge in [-0.25, -0.2) is 0 Å². The number of aromatic nitrogens is 1. The van der Waals surface area contributed by atoms with E-state index in [1.165, 1.54) is 27.8 Å². The Hall–Kier alpha value is -6.12. The van der Waals surface area contributed by atoms with Gasteiger partial charge in [-0.2, -0.15) is 0 Å². The van der Waals surface area contributed by atoms with Crippen LogP contribution in [0.4, 0.5) is 17.1 Å². The molecular weight excluding hydrogens is 677 g/mol. The van der Waals surface area contributed by atoms with Gasteiger partial charge < -0.3 is 9.47 Å². The molecule has 1 aliphatic carbocycles. The third-order valence-corrected chi connectivity index (χ3v) is 11.7. The lowest BCUT2D eigenvalue weighted by atomic mass is 9.78. The maximum atomic E-state index is 8.98. The Labute approximate surface area is 341 Å². The van der Waals surface area contributed by atoms with Gasteiger partial charge in [0.1, 0.15) is 0 Å². The van der Waals surface area contributed by atoms with Crippen LogP contribution in [-0.2, 0) is 10.8 Å². The number of aryl methyl sites for hydroxylation is 2. The summed E-state index contributed by atoms with van der Waals surface area (Å²) in [6.07, 6.45) is 0. The van der Waals surface area contributed by atoms with E-state index in [2.05, 4.69) is 139 Å². The topological polar surface area (TPSA) is 8.17 Å². The van der Waals surface area contributed by atoms with E-state index in [-0.39, 0.29) is 56.8 Å². The number of benzene rings is 8. The van der Waals surface area contributed by atoms with Crippen molar-refractivity contribution in [1.82, 2.24) is 4.57 Å². The van der Waals surface area contributed by atoms with Crippen LogP contribution in [0.2, 0.25) is 0 Å². The third-order valence-electron chi connectivity index (χ3n) is 11.7. The van der Waals surface area contributed by atoms with E-state index in [0.29, 0.717) is 5.69 Å². The van der Waals surface area contributed by atoms with Crippen LogP contribution in [0.1, 0.15) is 74.8 Å². The van der Waals surface area contributed by atoms with Crippen LogP contribution >= 0.6 is 0 Å². The van der Waals surface area contributed by atoms with Crippen molar-refractivity contribution in [3.8, 4) is 27.9 Å². The van der Waals surface area contributed by atoms with E-state index >= 15 is 0 Å². The lowest BCUT2D eigenvalue weighted by molar-refractivity contribution is 0.590. The summed E-state index contributed by atoms with van der Waals surface area (Å²) in [5.41, 5.74) is 13.5. The zero-order chi connectivity index (χ0) is 45.6. The second kappa shape index (κ2) is 12.2. The van der Waals surface area contributed by atoms with Crippen LogP contribution in [0.25, 0.3) is 71.3 Å². The SMILES string of the molecule is [2H]c1c([2H])c([2H])c2c(c1[2H])c1c([2H])c([2H])c([2H])c([2H])c1n2-c1ccc2cc3c(cc2c1)-c1cc2cc(N(c4cc(C(C)(C)C)ccc4C)c4cc(C(C)(C)C)ccc4C)ccc2cc1-3. The molecule has 1 aliphatic rings. The number of hydrogen-bond donors (Lipinski definition) is 0. The van der Waals surface area contributed by atoms with Gasteiger partial charge in [-0.15, -0.1) is 0 Å². The zero-order valence-electron chi connectivity index (χ0n) is 41.1. The lowest BCUT2D eigenvalue weighted by Gasteiger charge is -2.32. The van der Waals surface area contributed by atoms with E-state index in [4.69, 9.17) is 11.0 Å². The Balaban J connectivity index is 1.14. The average Bonchev–Trinajstić information content (AvgIpc) is 3.62. The van der Waals surface area contributed by atoms with Crippen molar-refractivity contribution in [1.29, 1.82) is 0 Å². The Morgan fingerprint density at radius 1 is 0.464 bits per heavy atom. The molecule has 0 radical (unpaired) electrons. The second-order valence-electron chi connectivity index (χ2n) is 17.5. The number of para-hydroxylation sites is 2. The predicted molar refractivity (Wildman–Crippen MR) is 242 cm³/mol. The number of nitrogens with zero attached hydrogens (tertiary/aromatic N) is 2. The molecule has 2 nitrogen and oxygen atoms in total. The van der Waals surface area contributed by atoms with E-state index in [1.54, 1.807) is 4.57 Å². The molecule has 2 heteroatoms. The van der Waals surface area contributed by atoms with Crippen LogP contribution in [0.3, 0.4) is 0 Å². The molecule has 0 aliphatic heterocycles. The normalized spacial score (nSPS) is 14.6. The van der Waals surface area contributed by atoms with Crippen LogP contribution in [-0.4, -0.2) is 4.57 Å². The van der Waals surface area contributed by atoms with Crippen molar-refractivity contribution in [2.24, 2.45) is 0 Å². The highest BCUT2D eigenvalue weighted by Gasteiger charge is 2.26. The Bertz CT molecular complexity index is 3390. The Morgan fingerprint density at radius 2 is 0.911 bits per heavy atom. The second-order valence-corrected chi connectivity index (χ2v) is 17.5. The quantitative estimate of drug-likeness (QED) is 0.175. The first-order valence-electron chi connectivity index (χ1n) is 23.4. The largest absolute Gasteiger partial charge is 0.310 e. The Kier molecular flexibility index (Phi) is 5.80. The predicted octanol–water partition coefficient (Wildman–Crippen LogP) is 15.4. The molecule has 8 aromatic carbocycles. The smallest absolute Gasteiger partial charge is 0.0645 e. The number of fused-ring (bicyclic) bond motifs is 9. The molecule has 0 saturated heterocycles. The van der Waals surface area contributed by atoms with Gasteiger partial charge in [-0.1, -0.05) is 114 Å². The fourth-order valence-corrected chi connectivity index (χ4v) is 8.40. The number of anilines is 3. The van der Waals surface area contributed by atoms with Gasteiger partial charge in [0.2, 0.25) is 0 Å². The van der Waals surface area contributed by atoms with E-state index in [9.17, 15) is 0 Å². The molecule has 0 spiro atoms. The van der Waals surface area contributed by atoms with Crippen LogP contribution < -0.4 is 4.90 Å². The lowest BCUT2D eigenvalue weighted by Crippen LogP contribution is -2.18. The summed E-state index contributed by atoms with van der Waals surface area (Å²) in [4.78, 5) is 2.42. The summed E-state index contributed by atoms with van der Waals surface area (Å²) in [7, 11) is 0. The van der Waals surface area contributed by atoms with Gasteiger partial charge in [0, 0.05) is 33.5 Å². The molecule has 10 rings (SSSR count). The highest BCUT2D eigenvalue weighted by Crippen LogP contribution is 2.51. The Morgan fingerprint density at radius 3 is 1.41 bits per heavy atom. The van der Waals surface area contributed by atoms with Gasteiger partial charge in [-0.3, -0.25) is 0 Å². The van der Waals surface area contributed by atoms with Crippen molar-refractivity contribution in [3.63, 3.8) is 0 Å². The van der Waals surface area contributed by atoms with Gasteiger partial charge >= 0.3 is 0 Å². The minimum atomic E-state index is -0.456. The summed E-state index contributed by atoms with van der Waals surface area (Å²) in [5, 5.41) is 4.26. The molecule has 0 amide bonds. The van der Waals surface area contributed by atoms with Crippen LogP contribution in [0.15, 0.2) is 145 Å². The summed E-state index contributed by atoms with van der Waals surface area (Å²) in [5.74, 6) is 0. The summed E-state index contributed by atoms with van der Waals surface area (Å²) in [6.45, 7) is 17.9. The molecule has 0 atom stereocenters. The minimum absolute atomic E-state index is 0.0362. The van der Waals surface area contributed by atoms with Gasteiger partial charge in [-0.05, 0) is 163 Å². The first-order chi connectivity index (χ1) is 30.1. The molecule has 56 heavy (non-hydrogen) atoms. The van der Waals surface area contributed by atoms with Gasteiger partial charge in [0.05, 0.1) is 22.0 Å². The maximum Gasteiger partial charge on any atom is 0.0645 e. The molecule has 0 fully saturated rings. The maximum absolute atomic E-state index is 8.98. The van der Waals surface area contributed by atoms with Crippen molar-refractivity contribution in [2.75, 3.05) is 4.90 Å². The summed E-state index contributed by atoms with van der Waals surface area (Å²) < 4.78 is 71.1. The zero-order valence-corrected chi connectivity index (χ0v) is 33.1. The van der Waals surface area contributed by atoms with E-state index in [0.717, 1.165) is 55.3 Å². The van der Waals surface area contributed by atoms with Crippen LogP contribution in [0, 0.1) is 13.8 Å². The average molecular weight is 733 g/mol. The molecule has 1 aromatic heterocycles. The minimum Gasteiger partial charge on any atom is -0.310 e. The first-order valence-corrected chi connectivity index (χ1v) is 19.4. The fraction of sp³-hybridized carbons (Fsp3) is 0.185. The molecule has 0 saturated carbocycles. The van der Waals surface area contributed by atoms with Gasteiger partial charge in [0.25, 0.3) is 0 Å². The molecule has 9 aromatic rings. The molecule has 0 bridgehead atoms. The standard InChI is InChI=1S/C54H48N2/c1-33-17-21-39(53(3,4)5)31-51(33)56(52-32-40(54(6,7)8)22-18-34(52)2)42-24-20-36-28-46-45-27-35-19-23-41(25-37(35)29-47(45)48(46)30-38(36)26-42)55-49-15-11-9-13-43(49)44-14-10-12-16-50(44)55/h9-32H,1-8H3/i9D,10D,11D,12D,13D,14D,15D,16D. The van der Waals surface area contributed by atoms with Crippen molar-refractivity contribution in [2.45, 2.75) is 66.2 Å². The fourth-order valence-electron chi connectivity index (χ4n) is 8.40. The highest BCUT2D eigenvalue weighted by molar-refractivity contribution is 6.13. The monoisotopic (exact) mass is 732 g/mol. The summed E-state index contributed by atoms with van der Waals surface area (Å²) in [6, 6.07) is 32.0. The molecule has 0 unspecified atom stereocenters. The van der Waals surface area contributed by atoms with E-state index in [1.807, 2.05) is 18.2 Å². The summed E-state index contributed by atoms with van der Waals surface area (Å²) >= 11 is 0. The molecular formula is C54H48N2. The molecule has 1 heterocycles. The van der Waals surface area contributed by atoms with Crippen molar-refractivity contribution < 1.29 is 11.0 Å². The van der Waals surface area contributed by atoms with Gasteiger partial charge in [0.15, 0.2) is 0 Å². The molecule has 0 N–H and O–H groups in total. The number of hydrogen-bond acceptors (Lipinski definition) is 1. The van der Waals surface area contributed by atoms with Crippen molar-refractivity contribution >= 4 is 60.4 Å². The first kappa shape index (κ1) is 26.6. The van der Waals surface area contributed by atoms with Crippen molar-refractivity contribution in [3.05, 3.63) is 168 Å². The van der Waals surface area contributed by atoms with Crippen LogP contribution in [0.5, 0.6) is 0 Å². The van der Waals surface area contributed by atoms with E-state index < -0.39 is 24.2 Å².